The molecule has 1 aromatic rings. The Morgan fingerprint density at radius 1 is 1.33 bits per heavy atom. The molecule has 0 aliphatic carbocycles. The topological polar surface area (TPSA) is 83.5 Å². The van der Waals surface area contributed by atoms with E-state index in [0.29, 0.717) is 13.0 Å². The normalized spacial score (nSPS) is 18.8. The van der Waals surface area contributed by atoms with Crippen molar-refractivity contribution in [1.29, 1.82) is 0 Å². The maximum Gasteiger partial charge on any atom is 0.238 e. The van der Waals surface area contributed by atoms with Crippen LogP contribution in [-0.2, 0) is 26.0 Å². The minimum absolute atomic E-state index is 0.0656. The van der Waals surface area contributed by atoms with Gasteiger partial charge in [-0.15, -0.1) is 0 Å². The molecule has 1 atom stereocenters. The molecular weight excluding hydrogens is 292 g/mol. The van der Waals surface area contributed by atoms with E-state index in [1.165, 1.54) is 0 Å². The van der Waals surface area contributed by atoms with E-state index in [9.17, 15) is 18.0 Å². The number of nitrogens with one attached hydrogen (secondary N) is 1. The minimum atomic E-state index is -3.58. The monoisotopic (exact) mass is 310 g/mol. The molecule has 0 aromatic heterocycles. The highest BCUT2D eigenvalue weighted by Gasteiger charge is 2.34. The molecule has 1 saturated heterocycles. The molecular formula is C14H18N2O4S. The summed E-state index contributed by atoms with van der Waals surface area (Å²) >= 11 is 0. The van der Waals surface area contributed by atoms with Gasteiger partial charge in [0.15, 0.2) is 0 Å². The molecule has 0 radical (unpaired) electrons. The molecule has 1 aliphatic rings. The number of carbonyl (C=O) groups is 2. The molecule has 6 nitrogen and oxygen atoms in total. The lowest BCUT2D eigenvalue weighted by Gasteiger charge is -2.16. The van der Waals surface area contributed by atoms with Crippen LogP contribution < -0.4 is 4.72 Å². The van der Waals surface area contributed by atoms with Gasteiger partial charge in [-0.25, -0.2) is 8.42 Å². The smallest absolute Gasteiger partial charge is 0.238 e. The van der Waals surface area contributed by atoms with Crippen LogP contribution in [0.2, 0.25) is 0 Å². The Morgan fingerprint density at radius 2 is 2.00 bits per heavy atom. The van der Waals surface area contributed by atoms with Crippen LogP contribution in [0.4, 0.5) is 0 Å². The first-order chi connectivity index (χ1) is 9.85. The molecule has 2 rings (SSSR count). The van der Waals surface area contributed by atoms with Crippen molar-refractivity contribution >= 4 is 21.8 Å². The fraction of sp³-hybridized carbons (Fsp3) is 0.429. The fourth-order valence-electron chi connectivity index (χ4n) is 2.34. The summed E-state index contributed by atoms with van der Waals surface area (Å²) in [5, 5.41) is 0. The standard InChI is InChI=1S/C14H18N2O4S/c1-21(19,20)15-14(18)12-9-13(17)16(10-12)8-7-11-5-3-2-4-6-11/h2-6,12H,7-10H2,1H3,(H,15,18)/t12-/m1/s1. The second-order valence-corrected chi connectivity index (χ2v) is 6.96. The Morgan fingerprint density at radius 3 is 2.62 bits per heavy atom. The molecule has 1 aliphatic heterocycles. The van der Waals surface area contributed by atoms with Crippen LogP contribution in [0.15, 0.2) is 30.3 Å². The largest absolute Gasteiger partial charge is 0.342 e. The third kappa shape index (κ3) is 4.56. The maximum atomic E-state index is 11.9. The SMILES string of the molecule is CS(=O)(=O)NC(=O)[C@@H]1CC(=O)N(CCc2ccccc2)C1. The van der Waals surface area contributed by atoms with Gasteiger partial charge in [-0.1, -0.05) is 30.3 Å². The van der Waals surface area contributed by atoms with Crippen molar-refractivity contribution in [2.24, 2.45) is 5.92 Å². The van der Waals surface area contributed by atoms with E-state index in [2.05, 4.69) is 0 Å². The van der Waals surface area contributed by atoms with Gasteiger partial charge in [0.25, 0.3) is 0 Å². The molecule has 21 heavy (non-hydrogen) atoms. The van der Waals surface area contributed by atoms with Gasteiger partial charge in [-0.05, 0) is 12.0 Å². The van der Waals surface area contributed by atoms with Crippen LogP contribution in [0.3, 0.4) is 0 Å². The first-order valence-electron chi connectivity index (χ1n) is 6.68. The number of rotatable bonds is 5. The maximum absolute atomic E-state index is 11.9. The predicted molar refractivity (Wildman–Crippen MR) is 77.8 cm³/mol. The van der Waals surface area contributed by atoms with Gasteiger partial charge in [-0.3, -0.25) is 14.3 Å². The quantitative estimate of drug-likeness (QED) is 0.839. The third-order valence-electron chi connectivity index (χ3n) is 3.38. The molecule has 0 bridgehead atoms. The van der Waals surface area contributed by atoms with E-state index in [1.54, 1.807) is 4.90 Å². The summed E-state index contributed by atoms with van der Waals surface area (Å²) in [6.07, 6.45) is 1.71. The van der Waals surface area contributed by atoms with Crippen LogP contribution in [0.5, 0.6) is 0 Å². The van der Waals surface area contributed by atoms with Gasteiger partial charge in [0.05, 0.1) is 12.2 Å². The summed E-state index contributed by atoms with van der Waals surface area (Å²) in [6, 6.07) is 9.76. The molecule has 1 fully saturated rings. The van der Waals surface area contributed by atoms with Gasteiger partial charge in [0.2, 0.25) is 21.8 Å². The van der Waals surface area contributed by atoms with E-state index >= 15 is 0 Å². The van der Waals surface area contributed by atoms with E-state index in [4.69, 9.17) is 0 Å². The second kappa shape index (κ2) is 6.26. The number of likely N-dealkylation sites (tertiary alicyclic amines) is 1. The van der Waals surface area contributed by atoms with Gasteiger partial charge in [0, 0.05) is 19.5 Å². The first kappa shape index (κ1) is 15.5. The summed E-state index contributed by atoms with van der Waals surface area (Å²) in [4.78, 5) is 25.2. The average Bonchev–Trinajstić information content (AvgIpc) is 2.77. The molecule has 0 saturated carbocycles. The molecule has 1 aromatic carbocycles. The van der Waals surface area contributed by atoms with Gasteiger partial charge < -0.3 is 4.90 Å². The molecule has 0 spiro atoms. The Labute approximate surface area is 124 Å². The van der Waals surface area contributed by atoms with Crippen LogP contribution in [0.25, 0.3) is 0 Å². The summed E-state index contributed by atoms with van der Waals surface area (Å²) in [5.74, 6) is -1.31. The zero-order chi connectivity index (χ0) is 15.5. The molecule has 2 amide bonds. The van der Waals surface area contributed by atoms with Crippen molar-refractivity contribution in [3.8, 4) is 0 Å². The second-order valence-electron chi connectivity index (χ2n) is 5.21. The predicted octanol–water partition coefficient (Wildman–Crippen LogP) is 0.153. The van der Waals surface area contributed by atoms with Gasteiger partial charge in [-0.2, -0.15) is 0 Å². The number of benzene rings is 1. The van der Waals surface area contributed by atoms with Gasteiger partial charge >= 0.3 is 0 Å². The van der Waals surface area contributed by atoms with Crippen LogP contribution in [-0.4, -0.2) is 44.5 Å². The van der Waals surface area contributed by atoms with Crippen LogP contribution in [0, 0.1) is 5.92 Å². The summed E-state index contributed by atoms with van der Waals surface area (Å²) in [5.41, 5.74) is 1.12. The highest BCUT2D eigenvalue weighted by molar-refractivity contribution is 7.89. The fourth-order valence-corrected chi connectivity index (χ4v) is 2.87. The molecule has 114 valence electrons. The van der Waals surface area contributed by atoms with Crippen LogP contribution in [0.1, 0.15) is 12.0 Å². The summed E-state index contributed by atoms with van der Waals surface area (Å²) in [6.45, 7) is 0.804. The highest BCUT2D eigenvalue weighted by Crippen LogP contribution is 2.18. The molecule has 0 unspecified atom stereocenters. The zero-order valence-corrected chi connectivity index (χ0v) is 12.6. The van der Waals surface area contributed by atoms with E-state index in [-0.39, 0.29) is 18.9 Å². The minimum Gasteiger partial charge on any atom is -0.342 e. The first-order valence-corrected chi connectivity index (χ1v) is 8.57. The van der Waals surface area contributed by atoms with Crippen molar-refractivity contribution in [3.63, 3.8) is 0 Å². The lowest BCUT2D eigenvalue weighted by atomic mass is 10.1. The van der Waals surface area contributed by atoms with Crippen molar-refractivity contribution < 1.29 is 18.0 Å². The van der Waals surface area contributed by atoms with Crippen molar-refractivity contribution in [2.75, 3.05) is 19.3 Å². The average molecular weight is 310 g/mol. The Kier molecular flexibility index (Phi) is 4.62. The number of hydrogen-bond donors (Lipinski definition) is 1. The van der Waals surface area contributed by atoms with E-state index in [0.717, 1.165) is 11.8 Å². The van der Waals surface area contributed by atoms with Gasteiger partial charge in [0.1, 0.15) is 0 Å². The zero-order valence-electron chi connectivity index (χ0n) is 11.8. The van der Waals surface area contributed by atoms with E-state index < -0.39 is 21.8 Å². The summed E-state index contributed by atoms with van der Waals surface area (Å²) < 4.78 is 24.0. The number of sulfonamides is 1. The number of carbonyl (C=O) groups excluding carboxylic acids is 2. The lowest BCUT2D eigenvalue weighted by molar-refractivity contribution is -0.128. The summed E-state index contributed by atoms with van der Waals surface area (Å²) in [7, 11) is -3.58. The number of nitrogens with zero attached hydrogens (tertiary/aromatic N) is 1. The molecule has 1 N–H and O–H groups in total. The van der Waals surface area contributed by atoms with E-state index in [1.807, 2.05) is 35.1 Å². The van der Waals surface area contributed by atoms with Crippen molar-refractivity contribution in [2.45, 2.75) is 12.8 Å². The highest BCUT2D eigenvalue weighted by atomic mass is 32.2. The van der Waals surface area contributed by atoms with Crippen LogP contribution >= 0.6 is 0 Å². The Hall–Kier alpha value is -1.89. The third-order valence-corrected chi connectivity index (χ3v) is 3.96. The van der Waals surface area contributed by atoms with Crippen molar-refractivity contribution in [3.05, 3.63) is 35.9 Å². The Bertz CT molecular complexity index is 628. The number of hydrogen-bond acceptors (Lipinski definition) is 4. The van der Waals surface area contributed by atoms with Crippen molar-refractivity contribution in [1.82, 2.24) is 9.62 Å². The number of amides is 2. The lowest BCUT2D eigenvalue weighted by Crippen LogP contribution is -2.36. The molecule has 7 heteroatoms. The Balaban J connectivity index is 1.89. The molecule has 1 heterocycles.